The van der Waals surface area contributed by atoms with E-state index >= 15 is 0 Å². The van der Waals surface area contributed by atoms with Crippen molar-refractivity contribution in [3.63, 3.8) is 0 Å². The van der Waals surface area contributed by atoms with Gasteiger partial charge in [-0.2, -0.15) is 0 Å². The van der Waals surface area contributed by atoms with E-state index in [2.05, 4.69) is 13.0 Å². The van der Waals surface area contributed by atoms with Crippen LogP contribution >= 0.6 is 0 Å². The average Bonchev–Trinajstić information content (AvgIpc) is 1.83. The Morgan fingerprint density at radius 1 is 1.33 bits per heavy atom. The average molecular weight is 170 g/mol. The molecule has 0 amide bonds. The molecule has 1 aliphatic rings. The number of rotatable bonds is 1. The minimum Gasteiger partial charge on any atom is -0.392 e. The third kappa shape index (κ3) is 2.08. The molecule has 1 rings (SSSR count). The van der Waals surface area contributed by atoms with Crippen LogP contribution in [0.2, 0.25) is 0 Å². The van der Waals surface area contributed by atoms with Crippen molar-refractivity contribution >= 4 is 0 Å². The van der Waals surface area contributed by atoms with Crippen LogP contribution in [0.15, 0.2) is 12.2 Å². The molecule has 0 spiro atoms. The second kappa shape index (κ2) is 3.19. The van der Waals surface area contributed by atoms with Crippen molar-refractivity contribution in [1.29, 1.82) is 0 Å². The van der Waals surface area contributed by atoms with Gasteiger partial charge in [-0.25, -0.2) is 0 Å². The van der Waals surface area contributed by atoms with E-state index in [4.69, 9.17) is 0 Å². The molecule has 0 aromatic heterocycles. The topological polar surface area (TPSA) is 40.5 Å². The third-order valence-corrected chi connectivity index (χ3v) is 2.49. The van der Waals surface area contributed by atoms with Gasteiger partial charge < -0.3 is 10.2 Å². The van der Waals surface area contributed by atoms with Crippen molar-refractivity contribution in [1.82, 2.24) is 0 Å². The normalized spacial score (nSPS) is 36.9. The molecule has 3 atom stereocenters. The molecule has 0 radical (unpaired) electrons. The Balaban J connectivity index is 2.73. The summed E-state index contributed by atoms with van der Waals surface area (Å²) in [4.78, 5) is 0. The molecule has 3 unspecified atom stereocenters. The molecule has 70 valence electrons. The van der Waals surface area contributed by atoms with Crippen LogP contribution in [0.3, 0.4) is 0 Å². The largest absolute Gasteiger partial charge is 0.392 e. The highest BCUT2D eigenvalue weighted by Gasteiger charge is 2.33. The molecule has 1 aliphatic carbocycles. The summed E-state index contributed by atoms with van der Waals surface area (Å²) < 4.78 is 0. The fourth-order valence-corrected chi connectivity index (χ4v) is 1.75. The Morgan fingerprint density at radius 3 is 2.33 bits per heavy atom. The summed E-state index contributed by atoms with van der Waals surface area (Å²) >= 11 is 0. The summed E-state index contributed by atoms with van der Waals surface area (Å²) in [6, 6.07) is 0. The van der Waals surface area contributed by atoms with Gasteiger partial charge in [0.15, 0.2) is 0 Å². The summed E-state index contributed by atoms with van der Waals surface area (Å²) in [7, 11) is 0. The van der Waals surface area contributed by atoms with Crippen LogP contribution in [-0.2, 0) is 0 Å². The van der Waals surface area contributed by atoms with Gasteiger partial charge in [-0.15, -0.1) is 0 Å². The Kier molecular flexibility index (Phi) is 2.59. The quantitative estimate of drug-likeness (QED) is 0.583. The third-order valence-electron chi connectivity index (χ3n) is 2.49. The van der Waals surface area contributed by atoms with Crippen LogP contribution in [0, 0.1) is 11.8 Å². The zero-order valence-electron chi connectivity index (χ0n) is 7.99. The van der Waals surface area contributed by atoms with Crippen molar-refractivity contribution in [3.05, 3.63) is 12.2 Å². The summed E-state index contributed by atoms with van der Waals surface area (Å²) in [5, 5.41) is 19.4. The maximum atomic E-state index is 9.69. The molecule has 0 saturated carbocycles. The van der Waals surface area contributed by atoms with Crippen molar-refractivity contribution < 1.29 is 10.2 Å². The highest BCUT2D eigenvalue weighted by Crippen LogP contribution is 2.30. The SMILES string of the molecule is CC1C=CC(C(C)(C)O)C(O)C1. The molecule has 0 fully saturated rings. The first-order chi connectivity index (χ1) is 5.41. The van der Waals surface area contributed by atoms with Gasteiger partial charge in [0.05, 0.1) is 11.7 Å². The zero-order chi connectivity index (χ0) is 9.35. The van der Waals surface area contributed by atoms with Crippen LogP contribution in [0.4, 0.5) is 0 Å². The van der Waals surface area contributed by atoms with Crippen molar-refractivity contribution in [2.75, 3.05) is 0 Å². The van der Waals surface area contributed by atoms with E-state index in [1.165, 1.54) is 0 Å². The summed E-state index contributed by atoms with van der Waals surface area (Å²) in [6.07, 6.45) is 4.35. The smallest absolute Gasteiger partial charge is 0.0678 e. The van der Waals surface area contributed by atoms with E-state index in [9.17, 15) is 10.2 Å². The number of hydrogen-bond acceptors (Lipinski definition) is 2. The van der Waals surface area contributed by atoms with E-state index in [0.717, 1.165) is 6.42 Å². The fraction of sp³-hybridized carbons (Fsp3) is 0.800. The Labute approximate surface area is 73.9 Å². The lowest BCUT2D eigenvalue weighted by atomic mass is 9.78. The second-order valence-corrected chi connectivity index (χ2v) is 4.34. The van der Waals surface area contributed by atoms with Crippen LogP contribution in [0.1, 0.15) is 27.2 Å². The van der Waals surface area contributed by atoms with Gasteiger partial charge in [-0.3, -0.25) is 0 Å². The molecule has 2 N–H and O–H groups in total. The van der Waals surface area contributed by atoms with E-state index < -0.39 is 11.7 Å². The van der Waals surface area contributed by atoms with Crippen LogP contribution in [-0.4, -0.2) is 21.9 Å². The predicted molar refractivity (Wildman–Crippen MR) is 48.7 cm³/mol. The molecule has 0 aromatic carbocycles. The van der Waals surface area contributed by atoms with E-state index in [0.29, 0.717) is 5.92 Å². The van der Waals surface area contributed by atoms with Crippen LogP contribution in [0.25, 0.3) is 0 Å². The number of allylic oxidation sites excluding steroid dienone is 1. The molecular weight excluding hydrogens is 152 g/mol. The van der Waals surface area contributed by atoms with Gasteiger partial charge in [0.2, 0.25) is 0 Å². The van der Waals surface area contributed by atoms with E-state index in [1.54, 1.807) is 13.8 Å². The fourth-order valence-electron chi connectivity index (χ4n) is 1.75. The maximum absolute atomic E-state index is 9.69. The lowest BCUT2D eigenvalue weighted by Crippen LogP contribution is -2.40. The van der Waals surface area contributed by atoms with Gasteiger partial charge in [-0.05, 0) is 26.2 Å². The highest BCUT2D eigenvalue weighted by atomic mass is 16.3. The second-order valence-electron chi connectivity index (χ2n) is 4.34. The Bertz CT molecular complexity index is 179. The monoisotopic (exact) mass is 170 g/mol. The van der Waals surface area contributed by atoms with Gasteiger partial charge in [0, 0.05) is 5.92 Å². The highest BCUT2D eigenvalue weighted by molar-refractivity contribution is 5.05. The molecular formula is C10H18O2. The lowest BCUT2D eigenvalue weighted by molar-refractivity contribution is -0.0334. The van der Waals surface area contributed by atoms with E-state index in [-0.39, 0.29) is 5.92 Å². The molecule has 2 nitrogen and oxygen atoms in total. The predicted octanol–water partition coefficient (Wildman–Crippen LogP) is 1.33. The minimum absolute atomic E-state index is 0.117. The van der Waals surface area contributed by atoms with Gasteiger partial charge >= 0.3 is 0 Å². The zero-order valence-corrected chi connectivity index (χ0v) is 7.99. The molecule has 0 bridgehead atoms. The van der Waals surface area contributed by atoms with Crippen molar-refractivity contribution in [2.24, 2.45) is 11.8 Å². The first-order valence-electron chi connectivity index (χ1n) is 4.50. The molecule has 0 saturated heterocycles. The van der Waals surface area contributed by atoms with Gasteiger partial charge in [0.1, 0.15) is 0 Å². The van der Waals surface area contributed by atoms with Gasteiger partial charge in [-0.1, -0.05) is 19.1 Å². The summed E-state index contributed by atoms with van der Waals surface area (Å²) in [5.41, 5.74) is -0.809. The molecule has 12 heavy (non-hydrogen) atoms. The summed E-state index contributed by atoms with van der Waals surface area (Å²) in [5.74, 6) is 0.312. The van der Waals surface area contributed by atoms with Crippen LogP contribution in [0.5, 0.6) is 0 Å². The number of aliphatic hydroxyl groups is 2. The molecule has 0 aliphatic heterocycles. The Morgan fingerprint density at radius 2 is 1.92 bits per heavy atom. The number of hydrogen-bond donors (Lipinski definition) is 2. The molecule has 0 heterocycles. The standard InChI is InChI=1S/C10H18O2/c1-7-4-5-8(9(11)6-7)10(2,3)12/h4-5,7-9,11-12H,6H2,1-3H3. The molecule has 2 heteroatoms. The van der Waals surface area contributed by atoms with E-state index in [1.807, 2.05) is 6.08 Å². The van der Waals surface area contributed by atoms with Gasteiger partial charge in [0.25, 0.3) is 0 Å². The molecule has 0 aromatic rings. The Hall–Kier alpha value is -0.340. The maximum Gasteiger partial charge on any atom is 0.0678 e. The summed E-state index contributed by atoms with van der Waals surface area (Å²) in [6.45, 7) is 5.54. The lowest BCUT2D eigenvalue weighted by Gasteiger charge is -2.34. The van der Waals surface area contributed by atoms with Crippen molar-refractivity contribution in [3.8, 4) is 0 Å². The minimum atomic E-state index is -0.809. The first kappa shape index (κ1) is 9.75. The first-order valence-corrected chi connectivity index (χ1v) is 4.50. The number of aliphatic hydroxyl groups excluding tert-OH is 1. The van der Waals surface area contributed by atoms with Crippen LogP contribution < -0.4 is 0 Å². The van der Waals surface area contributed by atoms with Crippen molar-refractivity contribution in [2.45, 2.75) is 38.9 Å².